The van der Waals surface area contributed by atoms with E-state index in [4.69, 9.17) is 0 Å². The Kier molecular flexibility index (Phi) is 4.61. The van der Waals surface area contributed by atoms with Gasteiger partial charge in [-0.25, -0.2) is 9.97 Å². The third-order valence-corrected chi connectivity index (χ3v) is 3.36. The Hall–Kier alpha value is -3.19. The first-order valence-corrected chi connectivity index (χ1v) is 7.34. The molecule has 1 aromatic heterocycles. The van der Waals surface area contributed by atoms with E-state index in [1.807, 2.05) is 36.4 Å². The lowest BCUT2D eigenvalue weighted by atomic mass is 10.1. The van der Waals surface area contributed by atoms with Gasteiger partial charge in [0.1, 0.15) is 18.4 Å². The van der Waals surface area contributed by atoms with Crippen LogP contribution in [0.3, 0.4) is 0 Å². The Bertz CT molecular complexity index is 871. The Morgan fingerprint density at radius 2 is 1.87 bits per heavy atom. The van der Waals surface area contributed by atoms with Crippen molar-refractivity contribution in [3.05, 3.63) is 66.0 Å². The minimum atomic E-state index is 0.660. The van der Waals surface area contributed by atoms with Gasteiger partial charge in [0, 0.05) is 29.5 Å². The highest BCUT2D eigenvalue weighted by molar-refractivity contribution is 5.88. The summed E-state index contributed by atoms with van der Waals surface area (Å²) in [5.41, 5.74) is 2.49. The van der Waals surface area contributed by atoms with Crippen LogP contribution in [-0.4, -0.2) is 22.8 Å². The van der Waals surface area contributed by atoms with Crippen molar-refractivity contribution < 1.29 is 4.79 Å². The molecular weight excluding hydrogens is 286 g/mol. The number of rotatable bonds is 4. The van der Waals surface area contributed by atoms with Crippen molar-refractivity contribution in [1.82, 2.24) is 9.97 Å². The molecule has 23 heavy (non-hydrogen) atoms. The molecule has 4 heteroatoms. The van der Waals surface area contributed by atoms with Crippen LogP contribution in [0.15, 0.2) is 54.9 Å². The Balaban J connectivity index is 1.59. The molecule has 3 rings (SSSR count). The monoisotopic (exact) mass is 301 g/mol. The van der Waals surface area contributed by atoms with Crippen LogP contribution in [0.4, 0.5) is 5.82 Å². The third kappa shape index (κ3) is 3.72. The predicted molar refractivity (Wildman–Crippen MR) is 91.4 cm³/mol. The molecule has 0 aliphatic rings. The highest BCUT2D eigenvalue weighted by Gasteiger charge is 2.00. The number of carbonyl (C=O) groups is 1. The SMILES string of the molecule is O=Cc1ccc(C#CCCNc2ncnc3ccccc23)cc1. The highest BCUT2D eigenvalue weighted by Crippen LogP contribution is 2.17. The second-order valence-corrected chi connectivity index (χ2v) is 4.96. The van der Waals surface area contributed by atoms with Gasteiger partial charge in [-0.15, -0.1) is 0 Å². The first-order chi connectivity index (χ1) is 11.4. The van der Waals surface area contributed by atoms with Crippen molar-refractivity contribution in [3.8, 4) is 11.8 Å². The van der Waals surface area contributed by atoms with Gasteiger partial charge in [0.2, 0.25) is 0 Å². The molecule has 112 valence electrons. The fourth-order valence-electron chi connectivity index (χ4n) is 2.20. The molecule has 0 spiro atoms. The molecule has 1 N–H and O–H groups in total. The number of nitrogens with zero attached hydrogens (tertiary/aromatic N) is 2. The van der Waals surface area contributed by atoms with Crippen molar-refractivity contribution >= 4 is 23.0 Å². The van der Waals surface area contributed by atoms with Crippen LogP contribution in [0.5, 0.6) is 0 Å². The molecule has 2 aromatic carbocycles. The van der Waals surface area contributed by atoms with E-state index in [0.717, 1.165) is 28.6 Å². The van der Waals surface area contributed by atoms with E-state index in [1.54, 1.807) is 18.5 Å². The second kappa shape index (κ2) is 7.19. The summed E-state index contributed by atoms with van der Waals surface area (Å²) in [6.45, 7) is 0.709. The number of aldehydes is 1. The molecule has 0 radical (unpaired) electrons. The van der Waals surface area contributed by atoms with E-state index in [1.165, 1.54) is 0 Å². The van der Waals surface area contributed by atoms with E-state index >= 15 is 0 Å². The number of carbonyl (C=O) groups excluding carboxylic acids is 1. The van der Waals surface area contributed by atoms with Gasteiger partial charge in [-0.2, -0.15) is 0 Å². The highest BCUT2D eigenvalue weighted by atomic mass is 16.1. The molecule has 0 fully saturated rings. The van der Waals surface area contributed by atoms with Crippen LogP contribution >= 0.6 is 0 Å². The summed E-state index contributed by atoms with van der Waals surface area (Å²) in [4.78, 5) is 19.1. The van der Waals surface area contributed by atoms with Crippen LogP contribution in [0.2, 0.25) is 0 Å². The lowest BCUT2D eigenvalue weighted by Crippen LogP contribution is -2.03. The minimum absolute atomic E-state index is 0.660. The number of benzene rings is 2. The normalized spacial score (nSPS) is 9.91. The molecule has 3 aromatic rings. The van der Waals surface area contributed by atoms with E-state index in [0.29, 0.717) is 18.5 Å². The number of fused-ring (bicyclic) bond motifs is 1. The summed E-state index contributed by atoms with van der Waals surface area (Å²) in [5, 5.41) is 4.30. The largest absolute Gasteiger partial charge is 0.368 e. The molecule has 0 unspecified atom stereocenters. The van der Waals surface area contributed by atoms with Crippen molar-refractivity contribution in [2.24, 2.45) is 0 Å². The smallest absolute Gasteiger partial charge is 0.150 e. The first kappa shape index (κ1) is 14.7. The van der Waals surface area contributed by atoms with Gasteiger partial charge in [0.25, 0.3) is 0 Å². The fourth-order valence-corrected chi connectivity index (χ4v) is 2.20. The van der Waals surface area contributed by atoms with E-state index < -0.39 is 0 Å². The van der Waals surface area contributed by atoms with Gasteiger partial charge in [-0.1, -0.05) is 36.1 Å². The topological polar surface area (TPSA) is 54.9 Å². The fraction of sp³-hybridized carbons (Fsp3) is 0.105. The van der Waals surface area contributed by atoms with Gasteiger partial charge in [0.15, 0.2) is 0 Å². The Labute approximate surface area is 134 Å². The van der Waals surface area contributed by atoms with Crippen LogP contribution in [0.25, 0.3) is 10.9 Å². The van der Waals surface area contributed by atoms with E-state index in [-0.39, 0.29) is 0 Å². The summed E-state index contributed by atoms with van der Waals surface area (Å²) in [6, 6.07) is 15.1. The molecule has 0 bridgehead atoms. The number of nitrogens with one attached hydrogen (secondary N) is 1. The van der Waals surface area contributed by atoms with Crippen LogP contribution < -0.4 is 5.32 Å². The molecular formula is C19H15N3O. The summed E-state index contributed by atoms with van der Waals surface area (Å²) in [5.74, 6) is 7.02. The van der Waals surface area contributed by atoms with Gasteiger partial charge < -0.3 is 5.32 Å². The lowest BCUT2D eigenvalue weighted by Gasteiger charge is -2.05. The lowest BCUT2D eigenvalue weighted by molar-refractivity contribution is 0.112. The first-order valence-electron chi connectivity index (χ1n) is 7.34. The maximum atomic E-state index is 10.6. The van der Waals surface area contributed by atoms with Crippen molar-refractivity contribution in [1.29, 1.82) is 0 Å². The zero-order valence-corrected chi connectivity index (χ0v) is 12.5. The summed E-state index contributed by atoms with van der Waals surface area (Å²) >= 11 is 0. The number of hydrogen-bond acceptors (Lipinski definition) is 4. The predicted octanol–water partition coefficient (Wildman–Crippen LogP) is 3.30. The van der Waals surface area contributed by atoms with Gasteiger partial charge in [-0.05, 0) is 24.3 Å². The third-order valence-electron chi connectivity index (χ3n) is 3.36. The Morgan fingerprint density at radius 1 is 1.04 bits per heavy atom. The van der Waals surface area contributed by atoms with Gasteiger partial charge in [-0.3, -0.25) is 4.79 Å². The molecule has 0 aliphatic carbocycles. The summed E-state index contributed by atoms with van der Waals surface area (Å²) < 4.78 is 0. The number of aromatic nitrogens is 2. The van der Waals surface area contributed by atoms with Gasteiger partial charge >= 0.3 is 0 Å². The number of para-hydroxylation sites is 1. The standard InChI is InChI=1S/C19H15N3O/c23-13-16-10-8-15(9-11-16)5-3-4-12-20-19-17-6-1-2-7-18(17)21-14-22-19/h1-2,6-11,13-14H,4,12H2,(H,20,21,22). The van der Waals surface area contributed by atoms with Gasteiger partial charge in [0.05, 0.1) is 5.52 Å². The average Bonchev–Trinajstić information content (AvgIpc) is 2.62. The van der Waals surface area contributed by atoms with Crippen LogP contribution in [0.1, 0.15) is 22.3 Å². The molecule has 1 heterocycles. The molecule has 0 amide bonds. The molecule has 0 saturated heterocycles. The number of anilines is 1. The summed E-state index contributed by atoms with van der Waals surface area (Å²) in [6.07, 6.45) is 3.09. The maximum absolute atomic E-state index is 10.6. The zero-order chi connectivity index (χ0) is 15.9. The van der Waals surface area contributed by atoms with Crippen LogP contribution in [-0.2, 0) is 0 Å². The van der Waals surface area contributed by atoms with E-state index in [2.05, 4.69) is 27.1 Å². The van der Waals surface area contributed by atoms with Crippen molar-refractivity contribution in [2.75, 3.05) is 11.9 Å². The Morgan fingerprint density at radius 3 is 2.70 bits per heavy atom. The quantitative estimate of drug-likeness (QED) is 0.456. The molecule has 0 atom stereocenters. The van der Waals surface area contributed by atoms with Crippen molar-refractivity contribution in [2.45, 2.75) is 6.42 Å². The zero-order valence-electron chi connectivity index (χ0n) is 12.5. The average molecular weight is 301 g/mol. The van der Waals surface area contributed by atoms with Crippen LogP contribution in [0, 0.1) is 11.8 Å². The molecule has 0 saturated carbocycles. The van der Waals surface area contributed by atoms with E-state index in [9.17, 15) is 4.79 Å². The minimum Gasteiger partial charge on any atom is -0.368 e. The molecule has 0 aliphatic heterocycles. The number of hydrogen-bond donors (Lipinski definition) is 1. The van der Waals surface area contributed by atoms with Crippen molar-refractivity contribution in [3.63, 3.8) is 0 Å². The molecule has 4 nitrogen and oxygen atoms in total. The second-order valence-electron chi connectivity index (χ2n) is 4.96. The summed E-state index contributed by atoms with van der Waals surface area (Å²) in [7, 11) is 0. The maximum Gasteiger partial charge on any atom is 0.150 e.